The van der Waals surface area contributed by atoms with E-state index in [4.69, 9.17) is 14.7 Å². The highest BCUT2D eigenvalue weighted by atomic mass is 19.1. The number of nitrogens with one attached hydrogen (secondary N) is 1. The third-order valence-corrected chi connectivity index (χ3v) is 3.76. The largest absolute Gasteiger partial charge is 0.441 e. The van der Waals surface area contributed by atoms with Gasteiger partial charge in [-0.05, 0) is 0 Å². The van der Waals surface area contributed by atoms with E-state index in [1.54, 1.807) is 4.90 Å². The van der Waals surface area contributed by atoms with Gasteiger partial charge in [-0.2, -0.15) is 0 Å². The lowest BCUT2D eigenvalue weighted by molar-refractivity contribution is 0.0589. The van der Waals surface area contributed by atoms with Gasteiger partial charge < -0.3 is 14.7 Å². The van der Waals surface area contributed by atoms with Gasteiger partial charge in [0.05, 0.1) is 25.4 Å². The molecule has 2 aliphatic heterocycles. The fourth-order valence-electron chi connectivity index (χ4n) is 2.65. The number of aliphatic hydroxyl groups is 1. The summed E-state index contributed by atoms with van der Waals surface area (Å²) in [4.78, 5) is 19.4. The molecule has 1 aromatic rings. The van der Waals surface area contributed by atoms with Crippen molar-refractivity contribution in [3.8, 4) is 0 Å². The number of carbonyl (C=O) groups is 1. The van der Waals surface area contributed by atoms with E-state index >= 15 is 0 Å². The number of aliphatic hydroxyl groups excluding tert-OH is 1. The Labute approximate surface area is 131 Å². The number of cyclic esters (lactones) is 1. The predicted octanol–water partition coefficient (Wildman–Crippen LogP) is 0.623. The van der Waals surface area contributed by atoms with E-state index in [0.29, 0.717) is 26.2 Å². The molecule has 126 valence electrons. The van der Waals surface area contributed by atoms with Gasteiger partial charge in [0.1, 0.15) is 11.8 Å². The first-order valence-corrected chi connectivity index (χ1v) is 7.28. The van der Waals surface area contributed by atoms with Gasteiger partial charge in [-0.3, -0.25) is 9.74 Å². The van der Waals surface area contributed by atoms with Crippen LogP contribution in [0.2, 0.25) is 0 Å². The minimum Gasteiger partial charge on any atom is -0.441 e. The van der Waals surface area contributed by atoms with Gasteiger partial charge in [0.2, 0.25) is 0 Å². The third kappa shape index (κ3) is 3.21. The lowest BCUT2D eigenvalue weighted by atomic mass is 10.2. The molecule has 9 heteroatoms. The molecule has 3 rings (SSSR count). The van der Waals surface area contributed by atoms with Crippen LogP contribution in [0.1, 0.15) is 0 Å². The van der Waals surface area contributed by atoms with Gasteiger partial charge in [0.25, 0.3) is 0 Å². The second kappa shape index (κ2) is 6.65. The smallest absolute Gasteiger partial charge is 0.414 e. The van der Waals surface area contributed by atoms with Gasteiger partial charge in [-0.15, -0.1) is 0 Å². The average molecular weight is 329 g/mol. The summed E-state index contributed by atoms with van der Waals surface area (Å²) in [6.45, 7) is 1.19. The summed E-state index contributed by atoms with van der Waals surface area (Å²) in [6.07, 6.45) is -1.43. The lowest BCUT2D eigenvalue weighted by Crippen LogP contribution is -2.31. The highest BCUT2D eigenvalue weighted by Gasteiger charge is 2.33. The van der Waals surface area contributed by atoms with Crippen LogP contribution >= 0.6 is 0 Å². The Morgan fingerprint density at radius 3 is 2.70 bits per heavy atom. The quantitative estimate of drug-likeness (QED) is 0.847. The molecule has 7 nitrogen and oxygen atoms in total. The van der Waals surface area contributed by atoms with E-state index < -0.39 is 23.8 Å². The van der Waals surface area contributed by atoms with Crippen molar-refractivity contribution < 1.29 is 28.3 Å². The van der Waals surface area contributed by atoms with Gasteiger partial charge >= 0.3 is 6.09 Å². The van der Waals surface area contributed by atoms with Crippen LogP contribution in [0.4, 0.5) is 25.0 Å². The van der Waals surface area contributed by atoms with E-state index in [1.165, 1.54) is 0 Å². The van der Waals surface area contributed by atoms with Gasteiger partial charge in [0.15, 0.2) is 11.6 Å². The molecule has 0 saturated carbocycles. The first kappa shape index (κ1) is 15.9. The predicted molar refractivity (Wildman–Crippen MR) is 77.2 cm³/mol. The summed E-state index contributed by atoms with van der Waals surface area (Å²) < 4.78 is 33.7. The summed E-state index contributed by atoms with van der Waals surface area (Å²) >= 11 is 0. The number of nitrogens with zero attached hydrogens (tertiary/aromatic N) is 2. The Bertz CT molecular complexity index is 570. The van der Waals surface area contributed by atoms with Crippen LogP contribution in [0.5, 0.6) is 0 Å². The first-order valence-electron chi connectivity index (χ1n) is 7.28. The van der Waals surface area contributed by atoms with Crippen molar-refractivity contribution >= 4 is 17.5 Å². The molecule has 0 spiro atoms. The van der Waals surface area contributed by atoms with Crippen LogP contribution in [0.25, 0.3) is 0 Å². The first-order chi connectivity index (χ1) is 11.1. The average Bonchev–Trinajstić information content (AvgIpc) is 2.71. The van der Waals surface area contributed by atoms with Crippen LogP contribution in [0, 0.1) is 11.6 Å². The van der Waals surface area contributed by atoms with Crippen LogP contribution in [0.3, 0.4) is 0 Å². The van der Waals surface area contributed by atoms with Crippen LogP contribution < -0.4 is 15.3 Å². The Morgan fingerprint density at radius 2 is 2.04 bits per heavy atom. The monoisotopic (exact) mass is 329 g/mol. The number of ether oxygens (including phenoxy) is 1. The maximum absolute atomic E-state index is 14.4. The molecule has 1 aromatic carbocycles. The SMILES string of the molecule is O=C1O[C@@H](CO)CN1c1cc(F)c(N2CCNOCC2)c(F)c1. The van der Waals surface area contributed by atoms with Crippen molar-refractivity contribution in [1.82, 2.24) is 5.48 Å². The number of amides is 1. The Morgan fingerprint density at radius 1 is 1.30 bits per heavy atom. The van der Waals surface area contributed by atoms with Gasteiger partial charge in [-0.1, -0.05) is 0 Å². The van der Waals surface area contributed by atoms with E-state index in [1.807, 2.05) is 0 Å². The Hall–Kier alpha value is -1.97. The normalized spacial score (nSPS) is 22.2. The summed E-state index contributed by atoms with van der Waals surface area (Å²) in [5.74, 6) is -1.52. The molecule has 2 saturated heterocycles. The highest BCUT2D eigenvalue weighted by Crippen LogP contribution is 2.31. The summed E-state index contributed by atoms with van der Waals surface area (Å²) in [6, 6.07) is 2.19. The number of halogens is 2. The van der Waals surface area contributed by atoms with E-state index in [2.05, 4.69) is 5.48 Å². The number of carbonyl (C=O) groups excluding carboxylic acids is 1. The van der Waals surface area contributed by atoms with E-state index in [9.17, 15) is 13.6 Å². The van der Waals surface area contributed by atoms with Crippen molar-refractivity contribution in [1.29, 1.82) is 0 Å². The van der Waals surface area contributed by atoms with E-state index in [0.717, 1.165) is 17.0 Å². The molecule has 23 heavy (non-hydrogen) atoms. The van der Waals surface area contributed by atoms with E-state index in [-0.39, 0.29) is 24.5 Å². The zero-order valence-corrected chi connectivity index (χ0v) is 12.3. The Balaban J connectivity index is 1.87. The lowest BCUT2D eigenvalue weighted by Gasteiger charge is -2.24. The van der Waals surface area contributed by atoms with Crippen molar-refractivity contribution in [2.24, 2.45) is 0 Å². The molecule has 0 aromatic heterocycles. The van der Waals surface area contributed by atoms with Crippen LogP contribution in [-0.2, 0) is 9.57 Å². The molecular formula is C14H17F2N3O4. The molecule has 0 bridgehead atoms. The van der Waals surface area contributed by atoms with Crippen LogP contribution in [-0.4, -0.2) is 56.7 Å². The number of hydrogen-bond acceptors (Lipinski definition) is 6. The number of hydroxylamine groups is 1. The second-order valence-corrected chi connectivity index (χ2v) is 5.29. The minimum absolute atomic E-state index is 0.0506. The molecule has 2 N–H and O–H groups in total. The molecule has 0 unspecified atom stereocenters. The molecule has 0 radical (unpaired) electrons. The standard InChI is InChI=1S/C14H17F2N3O4/c15-11-5-9(19-7-10(8-20)23-14(19)21)6-12(16)13(11)18-2-1-17-22-4-3-18/h5-6,10,17,20H,1-4,7-8H2/t10-/m1/s1. The molecule has 1 amide bonds. The zero-order valence-electron chi connectivity index (χ0n) is 12.3. The fourth-order valence-corrected chi connectivity index (χ4v) is 2.65. The summed E-state index contributed by atoms with van der Waals surface area (Å²) in [5, 5.41) is 9.02. The van der Waals surface area contributed by atoms with Gasteiger partial charge in [-0.25, -0.2) is 19.1 Å². The third-order valence-electron chi connectivity index (χ3n) is 3.76. The Kier molecular flexibility index (Phi) is 4.60. The van der Waals surface area contributed by atoms with Gasteiger partial charge in [0, 0.05) is 31.8 Å². The number of benzene rings is 1. The van der Waals surface area contributed by atoms with Crippen molar-refractivity contribution in [2.45, 2.75) is 6.10 Å². The highest BCUT2D eigenvalue weighted by molar-refractivity contribution is 5.90. The minimum atomic E-state index is -0.762. The van der Waals surface area contributed by atoms with Crippen molar-refractivity contribution in [3.05, 3.63) is 23.8 Å². The molecular weight excluding hydrogens is 312 g/mol. The summed E-state index contributed by atoms with van der Waals surface area (Å²) in [5.41, 5.74) is 2.60. The molecule has 2 fully saturated rings. The topological polar surface area (TPSA) is 74.3 Å². The fraction of sp³-hybridized carbons (Fsp3) is 0.500. The maximum Gasteiger partial charge on any atom is 0.414 e. The number of hydrogen-bond donors (Lipinski definition) is 2. The number of rotatable bonds is 3. The number of anilines is 2. The van der Waals surface area contributed by atoms with Crippen molar-refractivity contribution in [2.75, 3.05) is 49.2 Å². The molecule has 2 aliphatic rings. The van der Waals surface area contributed by atoms with Crippen LogP contribution in [0.15, 0.2) is 12.1 Å². The molecule has 1 atom stereocenters. The maximum atomic E-state index is 14.4. The summed E-state index contributed by atoms with van der Waals surface area (Å²) in [7, 11) is 0. The van der Waals surface area contributed by atoms with Crippen molar-refractivity contribution in [3.63, 3.8) is 0 Å². The second-order valence-electron chi connectivity index (χ2n) is 5.29. The molecule has 2 heterocycles. The molecule has 0 aliphatic carbocycles. The zero-order chi connectivity index (χ0) is 16.4.